The number of nitrogens with zero attached hydrogens (tertiary/aromatic N) is 3. The molecule has 0 aliphatic heterocycles. The maximum Gasteiger partial charge on any atom is 0.417 e. The zero-order valence-corrected chi connectivity index (χ0v) is 12.9. The Hall–Kier alpha value is -1.78. The first kappa shape index (κ1) is 17.6. The molecule has 0 amide bonds. The van der Waals surface area contributed by atoms with Gasteiger partial charge in [-0.05, 0) is 11.2 Å². The molecule has 23 heavy (non-hydrogen) atoms. The first-order valence-corrected chi connectivity index (χ1v) is 8.04. The van der Waals surface area contributed by atoms with E-state index in [-0.39, 0.29) is 17.3 Å². The summed E-state index contributed by atoms with van der Waals surface area (Å²) in [4.78, 5) is 3.68. The lowest BCUT2D eigenvalue weighted by Gasteiger charge is -2.08. The van der Waals surface area contributed by atoms with Gasteiger partial charge < -0.3 is 4.55 Å². The number of hydrogen-bond donors (Lipinski definition) is 0. The second kappa shape index (κ2) is 6.38. The molecule has 0 aliphatic rings. The summed E-state index contributed by atoms with van der Waals surface area (Å²) in [6.07, 6.45) is -1.25. The molecule has 0 unspecified atom stereocenters. The summed E-state index contributed by atoms with van der Waals surface area (Å²) in [7, 11) is -4.36. The lowest BCUT2D eigenvalue weighted by molar-refractivity contribution is -0.750. The lowest BCUT2D eigenvalue weighted by Crippen LogP contribution is -2.40. The minimum atomic E-state index is -4.54. The van der Waals surface area contributed by atoms with E-state index in [1.54, 1.807) is 0 Å². The summed E-state index contributed by atoms with van der Waals surface area (Å²) in [5.74, 6) is -0.622. The summed E-state index contributed by atoms with van der Waals surface area (Å²) in [6.45, 7) is -0.139. The van der Waals surface area contributed by atoms with Crippen molar-refractivity contribution in [1.29, 1.82) is 0 Å². The SMILES string of the molecule is O=S(=O)([O-])CC[n+]1ccc(-c2ncc(C(F)(F)F)cc2Cl)cn1. The molecule has 0 saturated carbocycles. The highest BCUT2D eigenvalue weighted by Crippen LogP contribution is 2.33. The molecule has 0 fully saturated rings. The van der Waals surface area contributed by atoms with E-state index in [0.717, 1.165) is 6.07 Å². The fourth-order valence-corrected chi connectivity index (χ4v) is 2.35. The lowest BCUT2D eigenvalue weighted by atomic mass is 10.1. The Kier molecular flexibility index (Phi) is 4.87. The molecule has 0 radical (unpaired) electrons. The van der Waals surface area contributed by atoms with Crippen molar-refractivity contribution in [3.05, 3.63) is 41.3 Å². The first-order chi connectivity index (χ1) is 10.6. The number of pyridine rings is 1. The van der Waals surface area contributed by atoms with Gasteiger partial charge in [-0.15, -0.1) is 0 Å². The summed E-state index contributed by atoms with van der Waals surface area (Å²) >= 11 is 5.81. The van der Waals surface area contributed by atoms with Crippen LogP contribution < -0.4 is 4.68 Å². The zero-order chi connectivity index (χ0) is 17.3. The highest BCUT2D eigenvalue weighted by atomic mass is 35.5. The fraction of sp³-hybridized carbons (Fsp3) is 0.250. The van der Waals surface area contributed by atoms with E-state index in [4.69, 9.17) is 11.6 Å². The van der Waals surface area contributed by atoms with E-state index in [0.29, 0.717) is 11.8 Å². The molecule has 0 N–H and O–H groups in total. The third kappa shape index (κ3) is 4.85. The van der Waals surface area contributed by atoms with Crippen LogP contribution in [0.1, 0.15) is 5.56 Å². The Morgan fingerprint density at radius 2 is 2.00 bits per heavy atom. The van der Waals surface area contributed by atoms with Crippen molar-refractivity contribution in [3.8, 4) is 11.3 Å². The second-order valence-electron chi connectivity index (χ2n) is 4.49. The van der Waals surface area contributed by atoms with Gasteiger partial charge in [0.15, 0.2) is 12.7 Å². The Balaban J connectivity index is 2.23. The van der Waals surface area contributed by atoms with Crippen LogP contribution in [0.5, 0.6) is 0 Å². The number of hydrogen-bond acceptors (Lipinski definition) is 5. The Morgan fingerprint density at radius 3 is 2.48 bits per heavy atom. The standard InChI is InChI=1S/C12H9ClF3N3O3S/c13-10-5-9(12(14,15)16)7-17-11(10)8-1-2-19(18-6-8)3-4-23(20,21)22/h1-2,5-7H,3-4H2. The van der Waals surface area contributed by atoms with Gasteiger partial charge in [0.05, 0.1) is 22.0 Å². The molecule has 0 aromatic carbocycles. The van der Waals surface area contributed by atoms with Crippen LogP contribution in [0, 0.1) is 0 Å². The van der Waals surface area contributed by atoms with Crippen LogP contribution in [0.3, 0.4) is 0 Å². The van der Waals surface area contributed by atoms with Gasteiger partial charge in [-0.1, -0.05) is 16.3 Å². The largest absolute Gasteiger partial charge is 0.748 e. The van der Waals surface area contributed by atoms with Gasteiger partial charge in [0, 0.05) is 17.8 Å². The normalized spacial score (nSPS) is 12.4. The number of halogens is 4. The molecule has 2 aromatic heterocycles. The zero-order valence-electron chi connectivity index (χ0n) is 11.3. The quantitative estimate of drug-likeness (QED) is 0.605. The molecule has 0 atom stereocenters. The minimum absolute atomic E-state index is 0.107. The maximum atomic E-state index is 12.5. The molecule has 2 aromatic rings. The second-order valence-corrected chi connectivity index (χ2v) is 6.42. The van der Waals surface area contributed by atoms with Crippen molar-refractivity contribution >= 4 is 21.7 Å². The predicted molar refractivity (Wildman–Crippen MR) is 72.2 cm³/mol. The first-order valence-electron chi connectivity index (χ1n) is 6.09. The van der Waals surface area contributed by atoms with E-state index in [1.165, 1.54) is 23.1 Å². The van der Waals surface area contributed by atoms with Crippen LogP contribution in [-0.2, 0) is 22.8 Å². The molecule has 0 bridgehead atoms. The van der Waals surface area contributed by atoms with Gasteiger partial charge >= 0.3 is 6.18 Å². The van der Waals surface area contributed by atoms with Crippen molar-refractivity contribution in [2.75, 3.05) is 5.75 Å². The van der Waals surface area contributed by atoms with Gasteiger partial charge in [-0.25, -0.2) is 8.42 Å². The average molecular weight is 368 g/mol. The van der Waals surface area contributed by atoms with Gasteiger partial charge in [0.25, 0.3) is 0 Å². The molecule has 2 rings (SSSR count). The van der Waals surface area contributed by atoms with Crippen LogP contribution in [0.4, 0.5) is 13.2 Å². The Labute approximate surface area is 134 Å². The molecule has 2 heterocycles. The molecule has 0 spiro atoms. The van der Waals surface area contributed by atoms with E-state index < -0.39 is 27.6 Å². The van der Waals surface area contributed by atoms with Crippen molar-refractivity contribution in [2.24, 2.45) is 0 Å². The van der Waals surface area contributed by atoms with Crippen molar-refractivity contribution in [2.45, 2.75) is 12.7 Å². The summed E-state index contributed by atoms with van der Waals surface area (Å²) in [6, 6.07) is 2.21. The fourth-order valence-electron chi connectivity index (χ4n) is 1.67. The van der Waals surface area contributed by atoms with Crippen molar-refractivity contribution in [1.82, 2.24) is 10.1 Å². The van der Waals surface area contributed by atoms with Crippen LogP contribution in [-0.4, -0.2) is 28.8 Å². The molecular weight excluding hydrogens is 359 g/mol. The van der Waals surface area contributed by atoms with Gasteiger partial charge in [0.1, 0.15) is 16.3 Å². The Morgan fingerprint density at radius 1 is 1.30 bits per heavy atom. The predicted octanol–water partition coefficient (Wildman–Crippen LogP) is 1.65. The molecule has 11 heteroatoms. The third-order valence-electron chi connectivity index (χ3n) is 2.78. The van der Waals surface area contributed by atoms with E-state index in [2.05, 4.69) is 10.1 Å². The molecule has 6 nitrogen and oxygen atoms in total. The number of aromatic nitrogens is 3. The highest BCUT2D eigenvalue weighted by molar-refractivity contribution is 7.85. The molecule has 0 saturated heterocycles. The van der Waals surface area contributed by atoms with Crippen LogP contribution >= 0.6 is 11.6 Å². The van der Waals surface area contributed by atoms with E-state index >= 15 is 0 Å². The molecule has 0 aliphatic carbocycles. The third-order valence-corrected chi connectivity index (χ3v) is 3.75. The number of rotatable bonds is 4. The highest BCUT2D eigenvalue weighted by Gasteiger charge is 2.31. The minimum Gasteiger partial charge on any atom is -0.748 e. The van der Waals surface area contributed by atoms with Crippen molar-refractivity contribution < 1.29 is 30.8 Å². The van der Waals surface area contributed by atoms with Crippen LogP contribution in [0.25, 0.3) is 11.3 Å². The summed E-state index contributed by atoms with van der Waals surface area (Å²) in [5.41, 5.74) is -0.508. The topological polar surface area (TPSA) is 86.9 Å². The monoisotopic (exact) mass is 367 g/mol. The molecule has 124 valence electrons. The molecular formula is C12H9ClF3N3O3S. The van der Waals surface area contributed by atoms with Gasteiger partial charge in [-0.2, -0.15) is 13.2 Å². The van der Waals surface area contributed by atoms with Crippen LogP contribution in [0.2, 0.25) is 5.02 Å². The maximum absolute atomic E-state index is 12.5. The number of aryl methyl sites for hydroxylation is 1. The van der Waals surface area contributed by atoms with Gasteiger partial charge in [-0.3, -0.25) is 4.98 Å². The Bertz CT molecular complexity index is 811. The summed E-state index contributed by atoms with van der Waals surface area (Å²) < 4.78 is 70.5. The average Bonchev–Trinajstić information content (AvgIpc) is 2.44. The number of alkyl halides is 3. The van der Waals surface area contributed by atoms with Crippen LogP contribution in [0.15, 0.2) is 30.7 Å². The van der Waals surface area contributed by atoms with E-state index in [9.17, 15) is 26.1 Å². The van der Waals surface area contributed by atoms with Crippen molar-refractivity contribution in [3.63, 3.8) is 0 Å². The smallest absolute Gasteiger partial charge is 0.417 e. The van der Waals surface area contributed by atoms with E-state index in [1.807, 2.05) is 0 Å². The summed E-state index contributed by atoms with van der Waals surface area (Å²) in [5, 5.41) is 3.67. The van der Waals surface area contributed by atoms with Gasteiger partial charge in [0.2, 0.25) is 0 Å².